The van der Waals surface area contributed by atoms with Crippen LogP contribution >= 0.6 is 11.6 Å². The molecule has 8 heteroatoms. The first-order valence-electron chi connectivity index (χ1n) is 6.55. The largest absolute Gasteiger partial charge is 0.454 e. The van der Waals surface area contributed by atoms with Crippen molar-refractivity contribution in [2.75, 3.05) is 26.6 Å². The lowest BCUT2D eigenvalue weighted by molar-refractivity contribution is 0.0734. The van der Waals surface area contributed by atoms with Crippen LogP contribution in [0.4, 0.5) is 0 Å². The van der Waals surface area contributed by atoms with E-state index in [4.69, 9.17) is 30.3 Å². The van der Waals surface area contributed by atoms with Gasteiger partial charge >= 0.3 is 0 Å². The molecule has 0 amide bonds. The summed E-state index contributed by atoms with van der Waals surface area (Å²) in [5, 5.41) is 7.73. The number of rotatable bonds is 2. The van der Waals surface area contributed by atoms with E-state index in [1.165, 1.54) is 0 Å². The standard InChI is InChI=1S/C13H12ClN3O4/c14-8-3-7(4-10-11(8)20-6-19-10)13-16-12(17-21-13)9-5-18-2-1-15-9/h3-4,9,15H,1-2,5-6H2. The molecule has 3 heterocycles. The van der Waals surface area contributed by atoms with Crippen molar-refractivity contribution in [1.29, 1.82) is 0 Å². The molecular weight excluding hydrogens is 298 g/mol. The van der Waals surface area contributed by atoms with E-state index in [1.54, 1.807) is 12.1 Å². The van der Waals surface area contributed by atoms with Crippen LogP contribution in [0.5, 0.6) is 11.5 Å². The van der Waals surface area contributed by atoms with Crippen molar-refractivity contribution < 1.29 is 18.7 Å². The zero-order valence-corrected chi connectivity index (χ0v) is 11.7. The number of nitrogens with one attached hydrogen (secondary N) is 1. The first-order valence-corrected chi connectivity index (χ1v) is 6.93. The predicted octanol–water partition coefficient (Wildman–Crippen LogP) is 1.78. The molecule has 4 rings (SSSR count). The molecule has 0 saturated carbocycles. The van der Waals surface area contributed by atoms with Gasteiger partial charge in [-0.3, -0.25) is 0 Å². The molecule has 2 aromatic rings. The monoisotopic (exact) mass is 309 g/mol. The van der Waals surface area contributed by atoms with Gasteiger partial charge in [-0.15, -0.1) is 0 Å². The van der Waals surface area contributed by atoms with Crippen LogP contribution in [-0.4, -0.2) is 36.7 Å². The molecular formula is C13H12ClN3O4. The summed E-state index contributed by atoms with van der Waals surface area (Å²) in [6.45, 7) is 2.15. The van der Waals surface area contributed by atoms with Crippen LogP contribution in [-0.2, 0) is 4.74 Å². The molecule has 2 aliphatic rings. The smallest absolute Gasteiger partial charge is 0.258 e. The maximum Gasteiger partial charge on any atom is 0.258 e. The Kier molecular flexibility index (Phi) is 3.17. The van der Waals surface area contributed by atoms with E-state index in [9.17, 15) is 0 Å². The molecule has 1 N–H and O–H groups in total. The average Bonchev–Trinajstić information content (AvgIpc) is 3.17. The van der Waals surface area contributed by atoms with Gasteiger partial charge in [-0.1, -0.05) is 16.8 Å². The zero-order valence-electron chi connectivity index (χ0n) is 11.0. The van der Waals surface area contributed by atoms with Gasteiger partial charge in [0.1, 0.15) is 0 Å². The Morgan fingerprint density at radius 1 is 1.29 bits per heavy atom. The lowest BCUT2D eigenvalue weighted by atomic mass is 10.2. The highest BCUT2D eigenvalue weighted by Crippen LogP contribution is 2.42. The summed E-state index contributed by atoms with van der Waals surface area (Å²) in [7, 11) is 0. The van der Waals surface area contributed by atoms with Crippen LogP contribution in [0.15, 0.2) is 16.7 Å². The predicted molar refractivity (Wildman–Crippen MR) is 72.4 cm³/mol. The van der Waals surface area contributed by atoms with Crippen molar-refractivity contribution in [2.24, 2.45) is 0 Å². The van der Waals surface area contributed by atoms with Crippen molar-refractivity contribution in [1.82, 2.24) is 15.5 Å². The van der Waals surface area contributed by atoms with Crippen molar-refractivity contribution >= 4 is 11.6 Å². The Hall–Kier alpha value is -1.83. The van der Waals surface area contributed by atoms with E-state index >= 15 is 0 Å². The van der Waals surface area contributed by atoms with Gasteiger partial charge < -0.3 is 24.1 Å². The van der Waals surface area contributed by atoms with Crippen molar-refractivity contribution in [2.45, 2.75) is 6.04 Å². The summed E-state index contributed by atoms with van der Waals surface area (Å²) in [5.41, 5.74) is 0.694. The fraction of sp³-hybridized carbons (Fsp3) is 0.385. The van der Waals surface area contributed by atoms with Crippen LogP contribution in [0.25, 0.3) is 11.5 Å². The Morgan fingerprint density at radius 2 is 2.24 bits per heavy atom. The second kappa shape index (κ2) is 5.18. The lowest BCUT2D eigenvalue weighted by Crippen LogP contribution is -2.35. The van der Waals surface area contributed by atoms with Crippen LogP contribution in [0.2, 0.25) is 5.02 Å². The molecule has 1 aromatic heterocycles. The molecule has 0 spiro atoms. The zero-order chi connectivity index (χ0) is 14.2. The van der Waals surface area contributed by atoms with Crippen LogP contribution in [0, 0.1) is 0 Å². The van der Waals surface area contributed by atoms with Crippen LogP contribution in [0.3, 0.4) is 0 Å². The summed E-state index contributed by atoms with van der Waals surface area (Å²) >= 11 is 6.15. The number of hydrogen-bond donors (Lipinski definition) is 1. The van der Waals surface area contributed by atoms with E-state index in [-0.39, 0.29) is 12.8 Å². The summed E-state index contributed by atoms with van der Waals surface area (Å²) in [5.74, 6) is 2.08. The number of fused-ring (bicyclic) bond motifs is 1. The first-order chi connectivity index (χ1) is 10.3. The van der Waals surface area contributed by atoms with Gasteiger partial charge in [0.25, 0.3) is 5.89 Å². The van der Waals surface area contributed by atoms with Gasteiger partial charge in [0.15, 0.2) is 17.3 Å². The van der Waals surface area contributed by atoms with Crippen molar-refractivity contribution in [3.63, 3.8) is 0 Å². The number of nitrogens with zero attached hydrogens (tertiary/aromatic N) is 2. The van der Waals surface area contributed by atoms with Crippen molar-refractivity contribution in [3.8, 4) is 23.0 Å². The fourth-order valence-electron chi connectivity index (χ4n) is 2.32. The summed E-state index contributed by atoms with van der Waals surface area (Å²) in [6.07, 6.45) is 0. The van der Waals surface area contributed by atoms with Crippen LogP contribution < -0.4 is 14.8 Å². The quantitative estimate of drug-likeness (QED) is 0.905. The Morgan fingerprint density at radius 3 is 3.10 bits per heavy atom. The summed E-state index contributed by atoms with van der Waals surface area (Å²) in [4.78, 5) is 4.40. The highest BCUT2D eigenvalue weighted by molar-refractivity contribution is 6.32. The Bertz CT molecular complexity index is 669. The number of aromatic nitrogens is 2. The van der Waals surface area contributed by atoms with Gasteiger partial charge in [0.2, 0.25) is 6.79 Å². The van der Waals surface area contributed by atoms with E-state index in [0.29, 0.717) is 47.0 Å². The summed E-state index contributed by atoms with van der Waals surface area (Å²) in [6, 6.07) is 3.44. The molecule has 7 nitrogen and oxygen atoms in total. The topological polar surface area (TPSA) is 78.6 Å². The molecule has 0 radical (unpaired) electrons. The summed E-state index contributed by atoms with van der Waals surface area (Å²) < 4.78 is 21.3. The fourth-order valence-corrected chi connectivity index (χ4v) is 2.58. The maximum atomic E-state index is 6.15. The molecule has 0 bridgehead atoms. The van der Waals surface area contributed by atoms with Gasteiger partial charge in [-0.05, 0) is 12.1 Å². The maximum absolute atomic E-state index is 6.15. The number of halogens is 1. The van der Waals surface area contributed by atoms with Gasteiger partial charge in [0.05, 0.1) is 24.3 Å². The first kappa shape index (κ1) is 12.9. The molecule has 110 valence electrons. The third-order valence-electron chi connectivity index (χ3n) is 3.35. The van der Waals surface area contributed by atoms with E-state index in [2.05, 4.69) is 15.5 Å². The third-order valence-corrected chi connectivity index (χ3v) is 3.63. The Balaban J connectivity index is 1.65. The molecule has 0 aliphatic carbocycles. The minimum absolute atomic E-state index is 0.0549. The van der Waals surface area contributed by atoms with Crippen LogP contribution in [0.1, 0.15) is 11.9 Å². The van der Waals surface area contributed by atoms with Gasteiger partial charge in [0, 0.05) is 12.1 Å². The normalized spacial score (nSPS) is 20.7. The lowest BCUT2D eigenvalue weighted by Gasteiger charge is -2.20. The van der Waals surface area contributed by atoms with Gasteiger partial charge in [-0.2, -0.15) is 4.98 Å². The number of hydrogen-bond acceptors (Lipinski definition) is 7. The highest BCUT2D eigenvalue weighted by atomic mass is 35.5. The molecule has 1 atom stereocenters. The highest BCUT2D eigenvalue weighted by Gasteiger charge is 2.24. The number of ether oxygens (including phenoxy) is 3. The van der Waals surface area contributed by atoms with E-state index in [1.807, 2.05) is 0 Å². The molecule has 1 fully saturated rings. The number of benzene rings is 1. The molecule has 1 unspecified atom stereocenters. The van der Waals surface area contributed by atoms with Crippen molar-refractivity contribution in [3.05, 3.63) is 23.0 Å². The SMILES string of the molecule is Clc1cc(-c2nc(C3COCCN3)no2)cc2c1OCO2. The van der Waals surface area contributed by atoms with E-state index < -0.39 is 0 Å². The van der Waals surface area contributed by atoms with Gasteiger partial charge in [-0.25, -0.2) is 0 Å². The second-order valence-corrected chi connectivity index (χ2v) is 5.14. The second-order valence-electron chi connectivity index (χ2n) is 4.73. The molecule has 1 saturated heterocycles. The molecule has 21 heavy (non-hydrogen) atoms. The number of morpholine rings is 1. The minimum Gasteiger partial charge on any atom is -0.454 e. The Labute approximate surface area is 125 Å². The van der Waals surface area contributed by atoms with E-state index in [0.717, 1.165) is 6.54 Å². The molecule has 2 aliphatic heterocycles. The average molecular weight is 310 g/mol. The third kappa shape index (κ3) is 2.33. The molecule has 1 aromatic carbocycles. The minimum atomic E-state index is -0.0549.